The SMILES string of the molecule is Cc1nnc(SC[C@H]2C[C@@H](c3ccc(CO)cc3)O[C@@H](c3ccc(-c4ccccc4CNC(=O)CCCCCCC(=O)NO)cc3)O2)s1. The molecule has 3 aromatic carbocycles. The van der Waals surface area contributed by atoms with Gasteiger partial charge in [0.15, 0.2) is 10.6 Å². The minimum atomic E-state index is -0.557. The summed E-state index contributed by atoms with van der Waals surface area (Å²) in [7, 11) is 0. The van der Waals surface area contributed by atoms with Gasteiger partial charge in [-0.2, -0.15) is 0 Å². The number of aliphatic hydroxyl groups is 1. The molecule has 1 aliphatic heterocycles. The number of unbranched alkanes of at least 4 members (excludes halogenated alkanes) is 3. The number of aliphatic hydroxyl groups excluding tert-OH is 1. The molecule has 0 aliphatic carbocycles. The Morgan fingerprint density at radius 3 is 2.29 bits per heavy atom. The number of hydrogen-bond donors (Lipinski definition) is 4. The van der Waals surface area contributed by atoms with Crippen molar-refractivity contribution in [3.8, 4) is 11.1 Å². The van der Waals surface area contributed by atoms with E-state index in [9.17, 15) is 14.7 Å². The molecular formula is C36H42N4O6S2. The number of carbonyl (C=O) groups excluding carboxylic acids is 2. The average molecular weight is 691 g/mol. The van der Waals surface area contributed by atoms with Gasteiger partial charge in [-0.15, -0.1) is 10.2 Å². The van der Waals surface area contributed by atoms with Gasteiger partial charge in [0, 0.05) is 37.1 Å². The van der Waals surface area contributed by atoms with Crippen LogP contribution in [0, 0.1) is 6.92 Å². The van der Waals surface area contributed by atoms with Gasteiger partial charge in [-0.3, -0.25) is 14.8 Å². The van der Waals surface area contributed by atoms with Gasteiger partial charge in [-0.1, -0.05) is 109 Å². The molecule has 254 valence electrons. The molecule has 2 amide bonds. The van der Waals surface area contributed by atoms with Crippen LogP contribution in [0.4, 0.5) is 0 Å². The molecule has 1 aliphatic rings. The summed E-state index contributed by atoms with van der Waals surface area (Å²) in [6, 6.07) is 24.1. The first kappa shape index (κ1) is 35.7. The number of amides is 2. The van der Waals surface area contributed by atoms with Crippen LogP contribution in [0.3, 0.4) is 0 Å². The summed E-state index contributed by atoms with van der Waals surface area (Å²) in [6.45, 7) is 2.37. The third-order valence-corrected chi connectivity index (χ3v) is 10.3. The number of carbonyl (C=O) groups is 2. The monoisotopic (exact) mass is 690 g/mol. The Bertz CT molecular complexity index is 1620. The number of rotatable bonds is 16. The highest BCUT2D eigenvalue weighted by molar-refractivity contribution is 8.01. The molecule has 4 N–H and O–H groups in total. The Kier molecular flexibility index (Phi) is 13.5. The van der Waals surface area contributed by atoms with Crippen molar-refractivity contribution in [1.29, 1.82) is 0 Å². The summed E-state index contributed by atoms with van der Waals surface area (Å²) < 4.78 is 13.9. The van der Waals surface area contributed by atoms with Crippen LogP contribution in [-0.2, 0) is 32.2 Å². The van der Waals surface area contributed by atoms with E-state index in [0.29, 0.717) is 25.8 Å². The third kappa shape index (κ3) is 10.4. The van der Waals surface area contributed by atoms with Crippen LogP contribution in [0.2, 0.25) is 0 Å². The molecule has 3 atom stereocenters. The maximum absolute atomic E-state index is 12.5. The van der Waals surface area contributed by atoms with E-state index < -0.39 is 6.29 Å². The maximum atomic E-state index is 12.5. The van der Waals surface area contributed by atoms with Gasteiger partial charge in [-0.05, 0) is 47.6 Å². The van der Waals surface area contributed by atoms with Gasteiger partial charge in [-0.25, -0.2) is 5.48 Å². The molecule has 4 aromatic rings. The molecule has 0 radical (unpaired) electrons. The van der Waals surface area contributed by atoms with Crippen LogP contribution in [0.25, 0.3) is 11.1 Å². The molecule has 12 heteroatoms. The summed E-state index contributed by atoms with van der Waals surface area (Å²) in [6.07, 6.45) is 3.72. The van der Waals surface area contributed by atoms with Gasteiger partial charge in [0.2, 0.25) is 11.8 Å². The van der Waals surface area contributed by atoms with Crippen LogP contribution in [-0.4, -0.2) is 44.2 Å². The molecule has 0 saturated carbocycles. The topological polar surface area (TPSA) is 143 Å². The molecule has 0 bridgehead atoms. The molecule has 1 aromatic heterocycles. The Morgan fingerprint density at radius 2 is 1.60 bits per heavy atom. The lowest BCUT2D eigenvalue weighted by atomic mass is 9.97. The van der Waals surface area contributed by atoms with Crippen LogP contribution in [0.5, 0.6) is 0 Å². The number of benzene rings is 3. The number of aryl methyl sites for hydroxylation is 1. The van der Waals surface area contributed by atoms with Crippen molar-refractivity contribution in [2.24, 2.45) is 0 Å². The number of nitrogens with zero attached hydrogens (tertiary/aromatic N) is 2. The van der Waals surface area contributed by atoms with E-state index in [1.54, 1.807) is 28.6 Å². The first-order valence-corrected chi connectivity index (χ1v) is 18.0. The summed E-state index contributed by atoms with van der Waals surface area (Å²) in [5, 5.41) is 30.4. The number of hydroxylamine groups is 1. The predicted octanol–water partition coefficient (Wildman–Crippen LogP) is 6.81. The number of hydrogen-bond acceptors (Lipinski definition) is 10. The quantitative estimate of drug-likeness (QED) is 0.0432. The van der Waals surface area contributed by atoms with Crippen molar-refractivity contribution >= 4 is 34.9 Å². The van der Waals surface area contributed by atoms with Crippen molar-refractivity contribution in [3.05, 3.63) is 100 Å². The van der Waals surface area contributed by atoms with E-state index >= 15 is 0 Å². The molecular weight excluding hydrogens is 649 g/mol. The van der Waals surface area contributed by atoms with E-state index in [2.05, 4.69) is 33.7 Å². The molecule has 0 spiro atoms. The summed E-state index contributed by atoms with van der Waals surface area (Å²) in [5.41, 5.74) is 7.55. The molecule has 5 rings (SSSR count). The lowest BCUT2D eigenvalue weighted by molar-refractivity contribution is -0.245. The molecule has 0 unspecified atom stereocenters. The normalized spacial score (nSPS) is 17.6. The van der Waals surface area contributed by atoms with Crippen LogP contribution < -0.4 is 10.8 Å². The zero-order chi connectivity index (χ0) is 33.7. The van der Waals surface area contributed by atoms with Crippen molar-refractivity contribution in [2.75, 3.05) is 5.75 Å². The first-order chi connectivity index (χ1) is 23.4. The van der Waals surface area contributed by atoms with Crippen LogP contribution in [0.15, 0.2) is 77.1 Å². The highest BCUT2D eigenvalue weighted by atomic mass is 32.2. The number of nitrogens with one attached hydrogen (secondary N) is 2. The van der Waals surface area contributed by atoms with Crippen molar-refractivity contribution in [3.63, 3.8) is 0 Å². The zero-order valence-electron chi connectivity index (χ0n) is 27.0. The summed E-state index contributed by atoms with van der Waals surface area (Å²) in [5.74, 6) is 0.334. The average Bonchev–Trinajstić information content (AvgIpc) is 3.56. The fourth-order valence-electron chi connectivity index (χ4n) is 5.56. The van der Waals surface area contributed by atoms with Crippen LogP contribution in [0.1, 0.15) is 84.6 Å². The largest absolute Gasteiger partial charge is 0.392 e. The Labute approximate surface area is 289 Å². The minimum Gasteiger partial charge on any atom is -0.392 e. The fourth-order valence-corrected chi connectivity index (χ4v) is 7.42. The standard InChI is InChI=1S/C36H42N4O6S2/c1-24-38-39-36(48-24)47-23-30-20-32(27-14-12-25(22-41)13-15-27)46-35(45-30)28-18-16-26(17-19-28)31-9-7-6-8-29(31)21-37-33(42)10-4-2-3-5-11-34(43)40-44/h6-9,12-19,30,32,35,41,44H,2-5,10-11,20-23H2,1H3,(H,37,42)(H,40,43)/t30-,32+,35+/m1/s1. The van der Waals surface area contributed by atoms with Crippen LogP contribution >= 0.6 is 23.1 Å². The second-order valence-corrected chi connectivity index (χ2v) is 14.2. The minimum absolute atomic E-state index is 0.00354. The smallest absolute Gasteiger partial charge is 0.243 e. The van der Waals surface area contributed by atoms with Crippen molar-refractivity contribution in [1.82, 2.24) is 21.0 Å². The second-order valence-electron chi connectivity index (χ2n) is 11.8. The highest BCUT2D eigenvalue weighted by Crippen LogP contribution is 2.40. The predicted molar refractivity (Wildman–Crippen MR) is 185 cm³/mol. The number of ether oxygens (including phenoxy) is 2. The number of thioether (sulfide) groups is 1. The number of aromatic nitrogens is 2. The van der Waals surface area contributed by atoms with Gasteiger partial charge in [0.05, 0.1) is 18.8 Å². The summed E-state index contributed by atoms with van der Waals surface area (Å²) in [4.78, 5) is 23.6. The van der Waals surface area contributed by atoms with Gasteiger partial charge in [0.1, 0.15) is 5.01 Å². The first-order valence-electron chi connectivity index (χ1n) is 16.2. The lowest BCUT2D eigenvalue weighted by Gasteiger charge is -2.36. The Morgan fingerprint density at radius 1 is 0.896 bits per heavy atom. The third-order valence-electron chi connectivity index (χ3n) is 8.18. The molecule has 2 heterocycles. The van der Waals surface area contributed by atoms with Crippen molar-refractivity contribution in [2.45, 2.75) is 87.9 Å². The Balaban J connectivity index is 1.21. The summed E-state index contributed by atoms with van der Waals surface area (Å²) >= 11 is 3.22. The van der Waals surface area contributed by atoms with E-state index in [0.717, 1.165) is 67.7 Å². The van der Waals surface area contributed by atoms with Gasteiger partial charge in [0.25, 0.3) is 0 Å². The van der Waals surface area contributed by atoms with E-state index in [-0.39, 0.29) is 37.0 Å². The molecule has 1 fully saturated rings. The van der Waals surface area contributed by atoms with E-state index in [1.165, 1.54) is 0 Å². The molecule has 10 nitrogen and oxygen atoms in total. The Hall–Kier alpha value is -3.65. The van der Waals surface area contributed by atoms with Gasteiger partial charge < -0.3 is 19.9 Å². The highest BCUT2D eigenvalue weighted by Gasteiger charge is 2.32. The van der Waals surface area contributed by atoms with Crippen molar-refractivity contribution < 1.29 is 29.4 Å². The molecule has 1 saturated heterocycles. The lowest BCUT2D eigenvalue weighted by Crippen LogP contribution is -2.31. The fraction of sp³-hybridized carbons (Fsp3) is 0.389. The van der Waals surface area contributed by atoms with E-state index in [4.69, 9.17) is 14.7 Å². The van der Waals surface area contributed by atoms with E-state index in [1.807, 2.05) is 61.5 Å². The van der Waals surface area contributed by atoms with Gasteiger partial charge >= 0.3 is 0 Å². The maximum Gasteiger partial charge on any atom is 0.243 e. The zero-order valence-corrected chi connectivity index (χ0v) is 28.6. The second kappa shape index (κ2) is 18.2. The molecule has 48 heavy (non-hydrogen) atoms.